The highest BCUT2D eigenvalue weighted by atomic mass is 31.1. The lowest BCUT2D eigenvalue weighted by atomic mass is 9.81. The summed E-state index contributed by atoms with van der Waals surface area (Å²) in [6.45, 7) is 7.23. The van der Waals surface area contributed by atoms with Crippen LogP contribution in [0.15, 0.2) is 85.0 Å². The van der Waals surface area contributed by atoms with Gasteiger partial charge in [0.25, 0.3) is 0 Å². The van der Waals surface area contributed by atoms with Crippen LogP contribution in [0.1, 0.15) is 20.8 Å². The number of hydrogen-bond acceptors (Lipinski definition) is 1. The molecule has 0 N–H and O–H groups in total. The number of benzene rings is 2. The molecule has 0 bridgehead atoms. The van der Waals surface area contributed by atoms with Crippen molar-refractivity contribution in [3.05, 3.63) is 85.0 Å². The molecule has 116 valence electrons. The van der Waals surface area contributed by atoms with E-state index in [1.54, 1.807) is 0 Å². The molecule has 0 unspecified atom stereocenters. The van der Waals surface area contributed by atoms with E-state index < -0.39 is 7.80 Å². The molecule has 2 aromatic rings. The summed E-state index contributed by atoms with van der Waals surface area (Å²) in [6, 6.07) is 21.9. The summed E-state index contributed by atoms with van der Waals surface area (Å²) < 4.78 is 0. The van der Waals surface area contributed by atoms with Gasteiger partial charge in [0, 0.05) is 5.54 Å². The third kappa shape index (κ3) is 3.59. The second kappa shape index (κ2) is 6.77. The Kier molecular flexibility index (Phi) is 4.73. The minimum absolute atomic E-state index is 0.0933. The second-order valence-electron chi connectivity index (χ2n) is 6.76. The van der Waals surface area contributed by atoms with E-state index >= 15 is 0 Å². The van der Waals surface area contributed by atoms with Crippen molar-refractivity contribution in [2.45, 2.75) is 26.3 Å². The van der Waals surface area contributed by atoms with Crippen LogP contribution in [0.4, 0.5) is 0 Å². The first kappa shape index (κ1) is 16.1. The van der Waals surface area contributed by atoms with Crippen molar-refractivity contribution in [1.82, 2.24) is 4.81 Å². The summed E-state index contributed by atoms with van der Waals surface area (Å²) in [5, 5.41) is 2.85. The van der Waals surface area contributed by atoms with E-state index in [1.807, 2.05) is 0 Å². The van der Waals surface area contributed by atoms with Gasteiger partial charge in [0.05, 0.1) is 0 Å². The largest absolute Gasteiger partial charge is 0.408 e. The molecule has 0 saturated carbocycles. The monoisotopic (exact) mass is 319 g/mol. The van der Waals surface area contributed by atoms with Gasteiger partial charge in [-0.05, 0) is 51.5 Å². The number of nitrogens with zero attached hydrogens (tertiary/aromatic N) is 1. The molecule has 23 heavy (non-hydrogen) atoms. The van der Waals surface area contributed by atoms with E-state index in [1.165, 1.54) is 10.6 Å². The van der Waals surface area contributed by atoms with Gasteiger partial charge in [-0.3, -0.25) is 0 Å². The van der Waals surface area contributed by atoms with Gasteiger partial charge in [0.2, 0.25) is 0 Å². The lowest BCUT2D eigenvalue weighted by Gasteiger charge is -2.43. The predicted molar refractivity (Wildman–Crippen MR) is 105 cm³/mol. The fraction of sp³-hybridized carbons (Fsp3) is 0.200. The molecule has 1 heterocycles. The average Bonchev–Trinajstić information content (AvgIpc) is 2.57. The molecule has 3 heteroatoms. The van der Waals surface area contributed by atoms with Crippen molar-refractivity contribution in [3.8, 4) is 0 Å². The SMILES string of the molecule is CC(C)(C)N1C=CC=CB1P(c1ccccc1)c1ccccc1. The minimum Gasteiger partial charge on any atom is -0.408 e. The van der Waals surface area contributed by atoms with Crippen LogP contribution in [0.3, 0.4) is 0 Å². The molecular weight excluding hydrogens is 296 g/mol. The molecule has 1 aliphatic heterocycles. The Hall–Kier alpha value is -1.79. The van der Waals surface area contributed by atoms with E-state index in [0.29, 0.717) is 6.57 Å². The van der Waals surface area contributed by atoms with Crippen LogP contribution in [-0.4, -0.2) is 16.9 Å². The number of allylic oxidation sites excluding steroid dienone is 2. The van der Waals surface area contributed by atoms with E-state index in [4.69, 9.17) is 0 Å². The molecule has 0 spiro atoms. The number of rotatable bonds is 3. The third-order valence-corrected chi connectivity index (χ3v) is 6.69. The molecule has 3 rings (SSSR count). The first-order valence-electron chi connectivity index (χ1n) is 8.10. The molecule has 0 aliphatic carbocycles. The number of hydrogen-bond donors (Lipinski definition) is 0. The van der Waals surface area contributed by atoms with Crippen molar-refractivity contribution in [3.63, 3.8) is 0 Å². The molecule has 0 saturated heterocycles. The van der Waals surface area contributed by atoms with Gasteiger partial charge in [-0.25, -0.2) is 0 Å². The summed E-state index contributed by atoms with van der Waals surface area (Å²) >= 11 is 0. The van der Waals surface area contributed by atoms with Crippen molar-refractivity contribution >= 4 is 25.0 Å². The minimum atomic E-state index is -0.485. The van der Waals surface area contributed by atoms with Crippen LogP contribution in [-0.2, 0) is 0 Å². The first-order valence-corrected chi connectivity index (χ1v) is 9.51. The molecule has 0 fully saturated rings. The summed E-state index contributed by atoms with van der Waals surface area (Å²) in [7, 11) is -0.485. The fourth-order valence-corrected chi connectivity index (χ4v) is 5.79. The highest BCUT2D eigenvalue weighted by Gasteiger charge is 2.36. The highest BCUT2D eigenvalue weighted by Crippen LogP contribution is 2.42. The smallest absolute Gasteiger partial charge is 0.319 e. The summed E-state index contributed by atoms with van der Waals surface area (Å²) in [4.78, 5) is 2.50. The molecule has 0 amide bonds. The summed E-state index contributed by atoms with van der Waals surface area (Å²) in [6.07, 6.45) is 6.57. The van der Waals surface area contributed by atoms with Crippen molar-refractivity contribution in [1.29, 1.82) is 0 Å². The Balaban J connectivity index is 2.08. The highest BCUT2D eigenvalue weighted by molar-refractivity contribution is 8.01. The first-order chi connectivity index (χ1) is 11.1. The molecule has 2 aromatic carbocycles. The van der Waals surface area contributed by atoms with Gasteiger partial charge in [-0.15, -0.1) is 0 Å². The zero-order valence-corrected chi connectivity index (χ0v) is 14.9. The van der Waals surface area contributed by atoms with Crippen LogP contribution in [0.5, 0.6) is 0 Å². The van der Waals surface area contributed by atoms with Crippen LogP contribution in [0.25, 0.3) is 0 Å². The molecule has 0 radical (unpaired) electrons. The Morgan fingerprint density at radius 2 is 1.30 bits per heavy atom. The van der Waals surface area contributed by atoms with Crippen molar-refractivity contribution in [2.24, 2.45) is 0 Å². The fourth-order valence-electron chi connectivity index (χ4n) is 2.95. The summed E-state index contributed by atoms with van der Waals surface area (Å²) in [5.74, 6) is 2.36. The normalized spacial score (nSPS) is 14.6. The lowest BCUT2D eigenvalue weighted by Crippen LogP contribution is -2.49. The Morgan fingerprint density at radius 3 is 1.78 bits per heavy atom. The van der Waals surface area contributed by atoms with Gasteiger partial charge in [-0.2, -0.15) is 0 Å². The van der Waals surface area contributed by atoms with Gasteiger partial charge >= 0.3 is 6.57 Å². The van der Waals surface area contributed by atoms with Gasteiger partial charge in [-0.1, -0.05) is 72.7 Å². The third-order valence-electron chi connectivity index (χ3n) is 4.03. The molecule has 0 aromatic heterocycles. The Labute approximate surface area is 141 Å². The Morgan fingerprint density at radius 1 is 0.783 bits per heavy atom. The van der Waals surface area contributed by atoms with Crippen molar-refractivity contribution in [2.75, 3.05) is 0 Å². The van der Waals surface area contributed by atoms with Gasteiger partial charge < -0.3 is 4.81 Å². The maximum Gasteiger partial charge on any atom is 0.319 e. The standard InChI is InChI=1S/C20H23BNP/c1-20(2,3)22-17-11-10-16-21(22)23(18-12-6-4-7-13-18)19-14-8-5-9-15-19/h4-17H,1-3H3. The van der Waals surface area contributed by atoms with Crippen molar-refractivity contribution < 1.29 is 0 Å². The van der Waals surface area contributed by atoms with E-state index in [-0.39, 0.29) is 5.54 Å². The molecule has 1 aliphatic rings. The quantitative estimate of drug-likeness (QED) is 0.601. The zero-order valence-electron chi connectivity index (χ0n) is 14.1. The maximum absolute atomic E-state index is 2.50. The van der Waals surface area contributed by atoms with E-state index in [9.17, 15) is 0 Å². The van der Waals surface area contributed by atoms with Gasteiger partial charge in [0.15, 0.2) is 0 Å². The maximum atomic E-state index is 2.50. The predicted octanol–water partition coefficient (Wildman–Crippen LogP) is 4.33. The summed E-state index contributed by atoms with van der Waals surface area (Å²) in [5.41, 5.74) is 0.0933. The van der Waals surface area contributed by atoms with Crippen LogP contribution >= 0.6 is 7.80 Å². The Bertz CT molecular complexity index is 649. The van der Waals surface area contributed by atoms with Crippen LogP contribution in [0, 0.1) is 0 Å². The van der Waals surface area contributed by atoms with Crippen LogP contribution in [0.2, 0.25) is 0 Å². The molecule has 0 atom stereocenters. The zero-order chi connectivity index (χ0) is 16.3. The van der Waals surface area contributed by atoms with E-state index in [2.05, 4.69) is 111 Å². The lowest BCUT2D eigenvalue weighted by molar-refractivity contribution is 0.328. The molecular formula is C20H23BNP. The van der Waals surface area contributed by atoms with Crippen LogP contribution < -0.4 is 10.6 Å². The average molecular weight is 319 g/mol. The second-order valence-corrected chi connectivity index (χ2v) is 9.06. The topological polar surface area (TPSA) is 3.24 Å². The van der Waals surface area contributed by atoms with E-state index in [0.717, 1.165) is 0 Å². The van der Waals surface area contributed by atoms with Gasteiger partial charge in [0.1, 0.15) is 0 Å². The molecule has 1 nitrogen and oxygen atoms in total.